The molecule has 0 unspecified atom stereocenters. The highest BCUT2D eigenvalue weighted by molar-refractivity contribution is 6.63. The lowest BCUT2D eigenvalue weighted by molar-refractivity contribution is 0.00578. The van der Waals surface area contributed by atoms with Crippen molar-refractivity contribution >= 4 is 18.1 Å². The fourth-order valence-corrected chi connectivity index (χ4v) is 3.43. The van der Waals surface area contributed by atoms with Crippen LogP contribution in [0.3, 0.4) is 0 Å². The SMILES string of the molecule is COCOc1cc(-c2ccn3nc(C)cc3c2)ccc1B1OC(C)(C)C(C)(C)O1. The molecule has 0 spiro atoms. The first kappa shape index (κ1) is 19.9. The van der Waals surface area contributed by atoms with Crippen LogP contribution in [0.1, 0.15) is 33.4 Å². The van der Waals surface area contributed by atoms with Crippen LogP contribution in [0.15, 0.2) is 42.6 Å². The predicted octanol–water partition coefficient (Wildman–Crippen LogP) is 3.59. The molecule has 0 N–H and O–H groups in total. The van der Waals surface area contributed by atoms with E-state index in [0.717, 1.165) is 27.8 Å². The zero-order valence-electron chi connectivity index (χ0n) is 17.9. The minimum Gasteiger partial charge on any atom is -0.468 e. The zero-order chi connectivity index (χ0) is 20.8. The van der Waals surface area contributed by atoms with Crippen molar-refractivity contribution in [3.8, 4) is 16.9 Å². The monoisotopic (exact) mass is 394 g/mol. The van der Waals surface area contributed by atoms with Crippen LogP contribution in [0.2, 0.25) is 0 Å². The first-order chi connectivity index (χ1) is 13.7. The number of methoxy groups -OCH3 is 1. The van der Waals surface area contributed by atoms with Gasteiger partial charge in [-0.2, -0.15) is 5.10 Å². The molecule has 0 radical (unpaired) electrons. The number of rotatable bonds is 5. The Bertz CT molecular complexity index is 1030. The largest absolute Gasteiger partial charge is 0.498 e. The standard InChI is InChI=1S/C22H27BN2O4/c1-15-11-18-12-17(9-10-25(18)24-15)16-7-8-19(20(13-16)27-14-26-6)23-28-21(2,3)22(4,5)29-23/h7-13H,14H2,1-6H3. The minimum atomic E-state index is -0.499. The quantitative estimate of drug-likeness (QED) is 0.489. The summed E-state index contributed by atoms with van der Waals surface area (Å²) in [7, 11) is 1.11. The summed E-state index contributed by atoms with van der Waals surface area (Å²) in [5, 5.41) is 4.44. The minimum absolute atomic E-state index is 0.150. The van der Waals surface area contributed by atoms with E-state index in [1.54, 1.807) is 7.11 Å². The molecular weight excluding hydrogens is 367 g/mol. The van der Waals surface area contributed by atoms with Gasteiger partial charge in [0, 0.05) is 18.8 Å². The Balaban J connectivity index is 1.72. The van der Waals surface area contributed by atoms with E-state index in [4.69, 9.17) is 18.8 Å². The van der Waals surface area contributed by atoms with Gasteiger partial charge in [-0.3, -0.25) is 0 Å². The lowest BCUT2D eigenvalue weighted by Crippen LogP contribution is -2.41. The molecule has 29 heavy (non-hydrogen) atoms. The number of ether oxygens (including phenoxy) is 2. The van der Waals surface area contributed by atoms with Crippen LogP contribution in [0, 0.1) is 6.92 Å². The summed E-state index contributed by atoms with van der Waals surface area (Å²) in [6, 6.07) is 12.3. The van der Waals surface area contributed by atoms with Gasteiger partial charge < -0.3 is 18.8 Å². The summed E-state index contributed by atoms with van der Waals surface area (Å²) in [5.74, 6) is 0.687. The van der Waals surface area contributed by atoms with E-state index in [9.17, 15) is 0 Å². The maximum absolute atomic E-state index is 6.22. The second kappa shape index (κ2) is 7.16. The van der Waals surface area contributed by atoms with Gasteiger partial charge in [-0.1, -0.05) is 12.1 Å². The van der Waals surface area contributed by atoms with Crippen molar-refractivity contribution < 1.29 is 18.8 Å². The van der Waals surface area contributed by atoms with Crippen molar-refractivity contribution in [2.45, 2.75) is 45.8 Å². The molecule has 1 fully saturated rings. The number of benzene rings is 1. The van der Waals surface area contributed by atoms with Crippen LogP contribution in [-0.4, -0.2) is 41.8 Å². The molecule has 0 aliphatic carbocycles. The van der Waals surface area contributed by atoms with E-state index in [1.165, 1.54) is 0 Å². The average molecular weight is 394 g/mol. The molecular formula is C22H27BN2O4. The molecule has 1 aromatic carbocycles. The summed E-state index contributed by atoms with van der Waals surface area (Å²) < 4.78 is 25.3. The molecule has 1 aliphatic heterocycles. The maximum atomic E-state index is 6.22. The Morgan fingerprint density at radius 1 is 1.00 bits per heavy atom. The maximum Gasteiger partial charge on any atom is 0.498 e. The van der Waals surface area contributed by atoms with Crippen molar-refractivity contribution in [1.82, 2.24) is 9.61 Å². The Labute approximate surface area is 171 Å². The molecule has 3 aromatic rings. The molecule has 0 saturated carbocycles. The number of nitrogens with zero attached hydrogens (tertiary/aromatic N) is 2. The molecule has 0 atom stereocenters. The van der Waals surface area contributed by atoms with E-state index >= 15 is 0 Å². The number of aromatic nitrogens is 2. The van der Waals surface area contributed by atoms with Gasteiger partial charge in [0.1, 0.15) is 5.75 Å². The van der Waals surface area contributed by atoms with Crippen LogP contribution in [-0.2, 0) is 14.0 Å². The van der Waals surface area contributed by atoms with E-state index in [1.807, 2.05) is 63.5 Å². The molecule has 3 heterocycles. The zero-order valence-corrected chi connectivity index (χ0v) is 17.9. The highest BCUT2D eigenvalue weighted by atomic mass is 16.7. The second-order valence-electron chi connectivity index (χ2n) is 8.46. The van der Waals surface area contributed by atoms with Crippen LogP contribution < -0.4 is 10.2 Å². The first-order valence-electron chi connectivity index (χ1n) is 9.78. The Hall–Kier alpha value is -2.35. The van der Waals surface area contributed by atoms with E-state index < -0.39 is 18.3 Å². The third-order valence-electron chi connectivity index (χ3n) is 5.77. The van der Waals surface area contributed by atoms with Crippen molar-refractivity contribution in [2.75, 3.05) is 13.9 Å². The van der Waals surface area contributed by atoms with Gasteiger partial charge in [0.05, 0.1) is 22.4 Å². The van der Waals surface area contributed by atoms with Crippen LogP contribution in [0.5, 0.6) is 5.75 Å². The van der Waals surface area contributed by atoms with Crippen LogP contribution >= 0.6 is 0 Å². The Kier molecular flexibility index (Phi) is 4.93. The van der Waals surface area contributed by atoms with Gasteiger partial charge in [-0.05, 0) is 70.0 Å². The number of hydrogen-bond donors (Lipinski definition) is 0. The highest BCUT2D eigenvalue weighted by Gasteiger charge is 2.52. The fourth-order valence-electron chi connectivity index (χ4n) is 3.43. The smallest absolute Gasteiger partial charge is 0.468 e. The van der Waals surface area contributed by atoms with Gasteiger partial charge in [0.15, 0.2) is 6.79 Å². The van der Waals surface area contributed by atoms with Gasteiger partial charge in [-0.15, -0.1) is 0 Å². The second-order valence-corrected chi connectivity index (χ2v) is 8.46. The average Bonchev–Trinajstić information content (AvgIpc) is 3.13. The molecule has 4 rings (SSSR count). The summed E-state index contributed by atoms with van der Waals surface area (Å²) >= 11 is 0. The van der Waals surface area contributed by atoms with Crippen molar-refractivity contribution in [3.05, 3.63) is 48.3 Å². The van der Waals surface area contributed by atoms with E-state index in [2.05, 4.69) is 23.3 Å². The molecule has 1 saturated heterocycles. The Morgan fingerprint density at radius 3 is 2.38 bits per heavy atom. The van der Waals surface area contributed by atoms with E-state index in [-0.39, 0.29) is 6.79 Å². The number of fused-ring (bicyclic) bond motifs is 1. The van der Waals surface area contributed by atoms with E-state index in [0.29, 0.717) is 5.75 Å². The lowest BCUT2D eigenvalue weighted by atomic mass is 9.77. The highest BCUT2D eigenvalue weighted by Crippen LogP contribution is 2.37. The molecule has 6 nitrogen and oxygen atoms in total. The molecule has 0 bridgehead atoms. The number of hydrogen-bond acceptors (Lipinski definition) is 5. The van der Waals surface area contributed by atoms with Gasteiger partial charge in [0.2, 0.25) is 0 Å². The van der Waals surface area contributed by atoms with Crippen LogP contribution in [0.4, 0.5) is 0 Å². The van der Waals surface area contributed by atoms with Gasteiger partial charge in [0.25, 0.3) is 0 Å². The Morgan fingerprint density at radius 2 is 1.69 bits per heavy atom. The molecule has 2 aromatic heterocycles. The van der Waals surface area contributed by atoms with Crippen molar-refractivity contribution in [3.63, 3.8) is 0 Å². The summed E-state index contributed by atoms with van der Waals surface area (Å²) in [6.07, 6.45) is 1.97. The topological polar surface area (TPSA) is 54.2 Å². The first-order valence-corrected chi connectivity index (χ1v) is 9.78. The molecule has 0 amide bonds. The van der Waals surface area contributed by atoms with Gasteiger partial charge in [-0.25, -0.2) is 4.52 Å². The van der Waals surface area contributed by atoms with Crippen molar-refractivity contribution in [2.24, 2.45) is 0 Å². The summed E-state index contributed by atoms with van der Waals surface area (Å²) in [5.41, 5.74) is 4.18. The van der Waals surface area contributed by atoms with Crippen LogP contribution in [0.25, 0.3) is 16.6 Å². The molecule has 152 valence electrons. The summed E-state index contributed by atoms with van der Waals surface area (Å²) in [6.45, 7) is 10.3. The fraction of sp³-hybridized carbons (Fsp3) is 0.409. The normalized spacial score (nSPS) is 17.8. The lowest BCUT2D eigenvalue weighted by Gasteiger charge is -2.32. The molecule has 7 heteroatoms. The third kappa shape index (κ3) is 3.66. The predicted molar refractivity (Wildman–Crippen MR) is 114 cm³/mol. The van der Waals surface area contributed by atoms with Crippen molar-refractivity contribution in [1.29, 1.82) is 0 Å². The number of pyridine rings is 1. The third-order valence-corrected chi connectivity index (χ3v) is 5.77. The molecule has 1 aliphatic rings. The number of aryl methyl sites for hydroxylation is 1. The van der Waals surface area contributed by atoms with Gasteiger partial charge >= 0.3 is 7.12 Å². The summed E-state index contributed by atoms with van der Waals surface area (Å²) in [4.78, 5) is 0.